The van der Waals surface area contributed by atoms with Gasteiger partial charge in [0, 0.05) is 19.5 Å². The van der Waals surface area contributed by atoms with Crippen molar-refractivity contribution in [3.05, 3.63) is 86.7 Å². The Morgan fingerprint density at radius 2 is 1.97 bits per heavy atom. The van der Waals surface area contributed by atoms with E-state index in [0.717, 1.165) is 48.4 Å². The van der Waals surface area contributed by atoms with E-state index in [4.69, 9.17) is 9.40 Å². The van der Waals surface area contributed by atoms with Crippen LogP contribution in [0.4, 0.5) is 0 Å². The Kier molecular flexibility index (Phi) is 5.66. The summed E-state index contributed by atoms with van der Waals surface area (Å²) in [6.45, 7) is 3.38. The van der Waals surface area contributed by atoms with Crippen LogP contribution in [0, 0.1) is 6.92 Å². The van der Waals surface area contributed by atoms with Gasteiger partial charge in [-0.3, -0.25) is 14.2 Å². The number of aromatic nitrogens is 2. The van der Waals surface area contributed by atoms with Gasteiger partial charge in [-0.05, 0) is 43.0 Å². The topological polar surface area (TPSA) is 68.3 Å². The Balaban J connectivity index is 1.55. The maximum absolute atomic E-state index is 13.7. The first kappa shape index (κ1) is 20.7. The predicted molar refractivity (Wildman–Crippen MR) is 125 cm³/mol. The van der Waals surface area contributed by atoms with E-state index in [1.165, 1.54) is 11.3 Å². The van der Waals surface area contributed by atoms with Crippen molar-refractivity contribution in [1.29, 1.82) is 0 Å². The summed E-state index contributed by atoms with van der Waals surface area (Å²) in [6.07, 6.45) is 5.57. The Morgan fingerprint density at radius 1 is 1.12 bits per heavy atom. The molecule has 4 heterocycles. The summed E-state index contributed by atoms with van der Waals surface area (Å²) in [5, 5.41) is 0.585. The number of benzene rings is 1. The van der Waals surface area contributed by atoms with Gasteiger partial charge in [0.2, 0.25) is 0 Å². The van der Waals surface area contributed by atoms with Crippen molar-refractivity contribution in [2.24, 2.45) is 0 Å². The molecule has 7 heteroatoms. The maximum Gasteiger partial charge on any atom is 0.265 e. The minimum Gasteiger partial charge on any atom is -0.467 e. The molecule has 1 amide bonds. The molecule has 0 N–H and O–H groups in total. The molecule has 1 aromatic carbocycles. The molecule has 1 aliphatic heterocycles. The second kappa shape index (κ2) is 8.74. The lowest BCUT2D eigenvalue weighted by atomic mass is 10.1. The third-order valence-electron chi connectivity index (χ3n) is 6.04. The van der Waals surface area contributed by atoms with Gasteiger partial charge in [-0.2, -0.15) is 0 Å². The van der Waals surface area contributed by atoms with Crippen LogP contribution in [0.2, 0.25) is 0 Å². The van der Waals surface area contributed by atoms with E-state index in [-0.39, 0.29) is 11.5 Å². The summed E-state index contributed by atoms with van der Waals surface area (Å²) in [7, 11) is 0. The number of carbonyl (C=O) groups is 1. The van der Waals surface area contributed by atoms with Crippen molar-refractivity contribution >= 4 is 27.5 Å². The molecule has 0 fully saturated rings. The number of hydrogen-bond acceptors (Lipinski definition) is 5. The standard InChI is InChI=1S/C25H25N3O3S/c1-17-21-23(26-20-12-6-3-7-13-28(20)24(21)29)32-22(17)25(30)27(16-19-11-8-14-31-19)15-18-9-4-2-5-10-18/h2,4-5,8-11,14H,3,6-7,12-13,15-16H2,1H3. The molecule has 32 heavy (non-hydrogen) atoms. The van der Waals surface area contributed by atoms with Crippen molar-refractivity contribution in [2.45, 2.75) is 52.2 Å². The average Bonchev–Trinajstić information content (AvgIpc) is 3.35. The molecule has 164 valence electrons. The van der Waals surface area contributed by atoms with Crippen LogP contribution in [-0.2, 0) is 26.1 Å². The van der Waals surface area contributed by atoms with E-state index in [1.807, 2.05) is 54.0 Å². The lowest BCUT2D eigenvalue weighted by Gasteiger charge is -2.21. The van der Waals surface area contributed by atoms with Gasteiger partial charge in [-0.25, -0.2) is 4.98 Å². The van der Waals surface area contributed by atoms with E-state index in [1.54, 1.807) is 11.2 Å². The molecule has 5 rings (SSSR count). The second-order valence-electron chi connectivity index (χ2n) is 8.26. The van der Waals surface area contributed by atoms with Crippen LogP contribution in [0.15, 0.2) is 57.9 Å². The molecule has 0 radical (unpaired) electrons. The zero-order valence-corrected chi connectivity index (χ0v) is 18.9. The molecular weight excluding hydrogens is 422 g/mol. The highest BCUT2D eigenvalue weighted by Gasteiger charge is 2.26. The molecular formula is C25H25N3O3S. The lowest BCUT2D eigenvalue weighted by molar-refractivity contribution is 0.0722. The fraction of sp³-hybridized carbons (Fsp3) is 0.320. The number of furan rings is 1. The van der Waals surface area contributed by atoms with Crippen LogP contribution >= 0.6 is 11.3 Å². The highest BCUT2D eigenvalue weighted by atomic mass is 32.1. The molecule has 0 bridgehead atoms. The molecule has 6 nitrogen and oxygen atoms in total. The fourth-order valence-electron chi connectivity index (χ4n) is 4.35. The van der Waals surface area contributed by atoms with Crippen LogP contribution in [0.5, 0.6) is 0 Å². The predicted octanol–water partition coefficient (Wildman–Crippen LogP) is 4.93. The van der Waals surface area contributed by atoms with Crippen LogP contribution in [0.3, 0.4) is 0 Å². The Bertz CT molecular complexity index is 1310. The van der Waals surface area contributed by atoms with Crippen LogP contribution < -0.4 is 5.56 Å². The van der Waals surface area contributed by atoms with Crippen molar-refractivity contribution < 1.29 is 9.21 Å². The minimum absolute atomic E-state index is 0.0136. The van der Waals surface area contributed by atoms with Gasteiger partial charge in [0.25, 0.3) is 11.5 Å². The average molecular weight is 448 g/mol. The second-order valence-corrected chi connectivity index (χ2v) is 9.26. The molecule has 1 aliphatic rings. The molecule has 0 spiro atoms. The monoisotopic (exact) mass is 447 g/mol. The van der Waals surface area contributed by atoms with Crippen molar-refractivity contribution in [3.63, 3.8) is 0 Å². The van der Waals surface area contributed by atoms with E-state index in [9.17, 15) is 9.59 Å². The smallest absolute Gasteiger partial charge is 0.265 e. The molecule has 0 saturated heterocycles. The van der Waals surface area contributed by atoms with Gasteiger partial charge in [0.05, 0.1) is 23.1 Å². The third-order valence-corrected chi connectivity index (χ3v) is 7.21. The summed E-state index contributed by atoms with van der Waals surface area (Å²) in [5.74, 6) is 1.46. The van der Waals surface area contributed by atoms with Crippen molar-refractivity contribution in [2.75, 3.05) is 0 Å². The zero-order valence-electron chi connectivity index (χ0n) is 18.0. The summed E-state index contributed by atoms with van der Waals surface area (Å²) in [4.78, 5) is 34.8. The van der Waals surface area contributed by atoms with Gasteiger partial charge >= 0.3 is 0 Å². The minimum atomic E-state index is -0.106. The Labute approximate surface area is 190 Å². The van der Waals surface area contributed by atoms with Crippen molar-refractivity contribution in [3.8, 4) is 0 Å². The highest BCUT2D eigenvalue weighted by Crippen LogP contribution is 2.30. The number of aryl methyl sites for hydroxylation is 2. The number of thiophene rings is 1. The number of amides is 1. The summed E-state index contributed by atoms with van der Waals surface area (Å²) in [6, 6.07) is 13.6. The van der Waals surface area contributed by atoms with Gasteiger partial charge < -0.3 is 9.32 Å². The molecule has 0 unspecified atom stereocenters. The van der Waals surface area contributed by atoms with E-state index < -0.39 is 0 Å². The number of carbonyl (C=O) groups excluding carboxylic acids is 1. The lowest BCUT2D eigenvalue weighted by Crippen LogP contribution is -2.30. The third kappa shape index (κ3) is 3.88. The highest BCUT2D eigenvalue weighted by molar-refractivity contribution is 7.20. The number of fused-ring (bicyclic) bond motifs is 2. The first-order chi connectivity index (χ1) is 15.6. The Morgan fingerprint density at radius 3 is 2.75 bits per heavy atom. The van der Waals surface area contributed by atoms with Crippen LogP contribution in [-0.4, -0.2) is 20.4 Å². The van der Waals surface area contributed by atoms with Gasteiger partial charge in [-0.15, -0.1) is 11.3 Å². The largest absolute Gasteiger partial charge is 0.467 e. The van der Waals surface area contributed by atoms with Crippen molar-refractivity contribution in [1.82, 2.24) is 14.5 Å². The van der Waals surface area contributed by atoms with E-state index in [2.05, 4.69) is 0 Å². The van der Waals surface area contributed by atoms with E-state index >= 15 is 0 Å². The summed E-state index contributed by atoms with van der Waals surface area (Å²) >= 11 is 1.33. The molecule has 3 aromatic heterocycles. The first-order valence-electron chi connectivity index (χ1n) is 11.0. The molecule has 0 aliphatic carbocycles. The Hall–Kier alpha value is -3.19. The SMILES string of the molecule is Cc1c(C(=O)N(Cc2ccccc2)Cc2ccco2)sc2nc3n(c(=O)c12)CCCCC3. The van der Waals surface area contributed by atoms with Gasteiger partial charge in [0.1, 0.15) is 16.4 Å². The fourth-order valence-corrected chi connectivity index (χ4v) is 5.51. The normalized spacial score (nSPS) is 13.7. The first-order valence-corrected chi connectivity index (χ1v) is 11.8. The van der Waals surface area contributed by atoms with Crippen LogP contribution in [0.25, 0.3) is 10.2 Å². The zero-order chi connectivity index (χ0) is 22.1. The molecule has 4 aromatic rings. The van der Waals surface area contributed by atoms with Crippen LogP contribution in [0.1, 0.15) is 51.6 Å². The van der Waals surface area contributed by atoms with Gasteiger partial charge in [-0.1, -0.05) is 36.8 Å². The van der Waals surface area contributed by atoms with E-state index in [0.29, 0.717) is 34.7 Å². The molecule has 0 atom stereocenters. The quantitative estimate of drug-likeness (QED) is 0.435. The van der Waals surface area contributed by atoms with Gasteiger partial charge in [0.15, 0.2) is 0 Å². The summed E-state index contributed by atoms with van der Waals surface area (Å²) < 4.78 is 7.33. The number of rotatable bonds is 5. The maximum atomic E-state index is 13.7. The number of nitrogens with zero attached hydrogens (tertiary/aromatic N) is 3. The molecule has 0 saturated carbocycles. The number of hydrogen-bond donors (Lipinski definition) is 0. The summed E-state index contributed by atoms with van der Waals surface area (Å²) in [5.41, 5.74) is 1.75.